The Morgan fingerprint density at radius 2 is 0.556 bits per heavy atom. The molecule has 0 unspecified atom stereocenters. The SMILES string of the molecule is Brc1c(C[C@@H]2c3ccccc3-c3c2c2c(c4c3[C@@H](Cc3ccc5ccccc5c3Br)c3ccccc3-4)[C@@H](Cc3ccc4ccccc4c3Br)c3ccccc3-2)ccc2ccccc12. The largest absolute Gasteiger partial charge is 0.0619 e. The van der Waals surface area contributed by atoms with Crippen molar-refractivity contribution in [3.8, 4) is 33.4 Å². The first-order valence-electron chi connectivity index (χ1n) is 22.0. The number of benzene rings is 10. The highest BCUT2D eigenvalue weighted by Gasteiger charge is 2.46. The molecule has 3 atom stereocenters. The lowest BCUT2D eigenvalue weighted by Gasteiger charge is -2.26. The van der Waals surface area contributed by atoms with Gasteiger partial charge >= 0.3 is 0 Å². The first-order valence-corrected chi connectivity index (χ1v) is 24.4. The van der Waals surface area contributed by atoms with Crippen LogP contribution in [0.25, 0.3) is 65.7 Å². The van der Waals surface area contributed by atoms with Crippen LogP contribution in [0.5, 0.6) is 0 Å². The van der Waals surface area contributed by atoms with Gasteiger partial charge in [-0.15, -0.1) is 0 Å². The van der Waals surface area contributed by atoms with Gasteiger partial charge in [0.2, 0.25) is 0 Å². The van der Waals surface area contributed by atoms with Crippen LogP contribution < -0.4 is 0 Å². The van der Waals surface area contributed by atoms with E-state index in [9.17, 15) is 0 Å². The Morgan fingerprint density at radius 1 is 0.286 bits per heavy atom. The molecule has 13 rings (SSSR count). The molecule has 0 heterocycles. The van der Waals surface area contributed by atoms with Gasteiger partial charge in [-0.3, -0.25) is 0 Å². The number of rotatable bonds is 6. The molecular formula is C60H39Br3. The van der Waals surface area contributed by atoms with Gasteiger partial charge in [0.1, 0.15) is 0 Å². The van der Waals surface area contributed by atoms with Gasteiger partial charge < -0.3 is 0 Å². The first-order chi connectivity index (χ1) is 31.0. The van der Waals surface area contributed by atoms with Crippen molar-refractivity contribution < 1.29 is 0 Å². The third-order valence-corrected chi connectivity index (χ3v) is 17.4. The molecule has 0 spiro atoms. The van der Waals surface area contributed by atoms with Crippen molar-refractivity contribution in [3.63, 3.8) is 0 Å². The summed E-state index contributed by atoms with van der Waals surface area (Å²) in [6.45, 7) is 0. The number of hydrogen-bond acceptors (Lipinski definition) is 0. The van der Waals surface area contributed by atoms with Crippen LogP contribution in [0.2, 0.25) is 0 Å². The third kappa shape index (κ3) is 5.69. The van der Waals surface area contributed by atoms with E-state index < -0.39 is 0 Å². The molecule has 0 saturated carbocycles. The minimum Gasteiger partial charge on any atom is -0.0619 e. The smallest absolute Gasteiger partial charge is 0.0286 e. The quantitative estimate of drug-likeness (QED) is 0.156. The molecule has 3 aliphatic rings. The van der Waals surface area contributed by atoms with E-state index in [1.165, 1.54) is 129 Å². The zero-order valence-corrected chi connectivity index (χ0v) is 39.1. The third-order valence-electron chi connectivity index (χ3n) is 14.6. The van der Waals surface area contributed by atoms with Crippen molar-refractivity contribution in [1.29, 1.82) is 0 Å². The lowest BCUT2D eigenvalue weighted by atomic mass is 9.77. The Labute approximate surface area is 393 Å². The van der Waals surface area contributed by atoms with Crippen molar-refractivity contribution in [2.45, 2.75) is 37.0 Å². The summed E-state index contributed by atoms with van der Waals surface area (Å²) in [6, 6.07) is 68.5. The summed E-state index contributed by atoms with van der Waals surface area (Å²) in [5.74, 6) is 0.510. The molecule has 0 nitrogen and oxygen atoms in total. The summed E-state index contributed by atoms with van der Waals surface area (Å²) < 4.78 is 3.61. The van der Waals surface area contributed by atoms with Crippen LogP contribution in [0, 0.1) is 0 Å². The van der Waals surface area contributed by atoms with Crippen LogP contribution in [0.1, 0.15) is 67.8 Å². The molecule has 0 N–H and O–H groups in total. The predicted octanol–water partition coefficient (Wildman–Crippen LogP) is 17.5. The van der Waals surface area contributed by atoms with Crippen molar-refractivity contribution >= 4 is 80.1 Å². The average molecular weight is 1000 g/mol. The summed E-state index contributed by atoms with van der Waals surface area (Å²) in [5.41, 5.74) is 21.4. The van der Waals surface area contributed by atoms with Crippen LogP contribution in [-0.4, -0.2) is 0 Å². The standard InChI is InChI=1S/C60H39Br3/c61-58-37(28-25-34-13-1-4-16-40(34)58)31-49-43-19-7-10-22-46(43)52-55(49)53-47-23-11-8-20-44(47)50(32-38-29-26-35-14-2-5-17-41(35)59(38)62)57(53)54-48-24-12-9-21-45(48)51(56(52)54)33-39-30-27-36-15-3-6-18-42(36)60(39)63/h1-30,49-51H,31-33H2/t49-,50-,51+/m0/s1. The predicted molar refractivity (Wildman–Crippen MR) is 274 cm³/mol. The summed E-state index contributed by atoms with van der Waals surface area (Å²) in [4.78, 5) is 0. The molecule has 10 aromatic rings. The molecule has 3 aliphatic carbocycles. The van der Waals surface area contributed by atoms with E-state index in [1.54, 1.807) is 0 Å². The van der Waals surface area contributed by atoms with E-state index in [2.05, 4.69) is 230 Å². The lowest BCUT2D eigenvalue weighted by molar-refractivity contribution is 0.800. The molecule has 3 heteroatoms. The van der Waals surface area contributed by atoms with Crippen LogP contribution in [0.3, 0.4) is 0 Å². The van der Waals surface area contributed by atoms with Crippen molar-refractivity contribution in [2.75, 3.05) is 0 Å². The highest BCUT2D eigenvalue weighted by molar-refractivity contribution is 9.11. The van der Waals surface area contributed by atoms with Crippen LogP contribution >= 0.6 is 47.8 Å². The molecule has 0 radical (unpaired) electrons. The van der Waals surface area contributed by atoms with E-state index in [4.69, 9.17) is 0 Å². The Hall–Kier alpha value is -5.58. The molecule has 300 valence electrons. The fraction of sp³-hybridized carbons (Fsp3) is 0.100. The maximum absolute atomic E-state index is 4.16. The molecule has 63 heavy (non-hydrogen) atoms. The van der Waals surface area contributed by atoms with E-state index >= 15 is 0 Å². The van der Waals surface area contributed by atoms with Crippen LogP contribution in [0.4, 0.5) is 0 Å². The summed E-state index contributed by atoms with van der Waals surface area (Å²) in [6.07, 6.45) is 2.70. The molecule has 0 saturated heterocycles. The van der Waals surface area contributed by atoms with E-state index in [0.717, 1.165) is 19.3 Å². The number of fused-ring (bicyclic) bond motifs is 15. The van der Waals surface area contributed by atoms with Gasteiger partial charge in [-0.2, -0.15) is 0 Å². The second kappa shape index (κ2) is 14.7. The van der Waals surface area contributed by atoms with E-state index in [1.807, 2.05) is 0 Å². The van der Waals surface area contributed by atoms with Gasteiger partial charge in [0.15, 0.2) is 0 Å². The maximum atomic E-state index is 4.16. The highest BCUT2D eigenvalue weighted by atomic mass is 79.9. The Morgan fingerprint density at radius 3 is 0.873 bits per heavy atom. The van der Waals surface area contributed by atoms with E-state index in [0.29, 0.717) is 0 Å². The Balaban J connectivity index is 1.11. The van der Waals surface area contributed by atoms with Crippen molar-refractivity contribution in [1.82, 2.24) is 0 Å². The molecular weight excluding hydrogens is 960 g/mol. The summed E-state index contributed by atoms with van der Waals surface area (Å²) in [5, 5.41) is 7.58. The van der Waals surface area contributed by atoms with Gasteiger partial charge in [-0.25, -0.2) is 0 Å². The normalized spacial score (nSPS) is 16.5. The average Bonchev–Trinajstić information content (AvgIpc) is 3.94. The van der Waals surface area contributed by atoms with Gasteiger partial charge in [0.05, 0.1) is 0 Å². The maximum Gasteiger partial charge on any atom is 0.0286 e. The molecule has 0 aromatic heterocycles. The Bertz CT molecular complexity index is 3170. The highest BCUT2D eigenvalue weighted by Crippen LogP contribution is 2.65. The van der Waals surface area contributed by atoms with Gasteiger partial charge in [-0.1, -0.05) is 182 Å². The Kier molecular flexibility index (Phi) is 8.87. The van der Waals surface area contributed by atoms with Crippen molar-refractivity contribution in [2.24, 2.45) is 0 Å². The molecule has 0 aliphatic heterocycles. The molecule has 0 bridgehead atoms. The number of halogens is 3. The van der Waals surface area contributed by atoms with E-state index in [-0.39, 0.29) is 17.8 Å². The zero-order chi connectivity index (χ0) is 41.9. The van der Waals surface area contributed by atoms with Gasteiger partial charge in [-0.05, 0) is 183 Å². The van der Waals surface area contributed by atoms with Crippen LogP contribution in [-0.2, 0) is 19.3 Å². The monoisotopic (exact) mass is 996 g/mol. The topological polar surface area (TPSA) is 0 Å². The van der Waals surface area contributed by atoms with Crippen molar-refractivity contribution in [3.05, 3.63) is 245 Å². The second-order valence-electron chi connectivity index (χ2n) is 17.7. The fourth-order valence-corrected chi connectivity index (χ4v) is 13.8. The van der Waals surface area contributed by atoms with Gasteiger partial charge in [0, 0.05) is 31.2 Å². The van der Waals surface area contributed by atoms with Gasteiger partial charge in [0.25, 0.3) is 0 Å². The molecule has 0 fully saturated rings. The zero-order valence-electron chi connectivity index (χ0n) is 34.3. The number of hydrogen-bond donors (Lipinski definition) is 0. The lowest BCUT2D eigenvalue weighted by Crippen LogP contribution is -2.10. The minimum absolute atomic E-state index is 0.170. The molecule has 0 amide bonds. The minimum atomic E-state index is 0.170. The second-order valence-corrected chi connectivity index (χ2v) is 20.1. The van der Waals surface area contributed by atoms with Crippen LogP contribution in [0.15, 0.2) is 195 Å². The summed E-state index contributed by atoms with van der Waals surface area (Å²) >= 11 is 12.5. The molecule has 10 aromatic carbocycles. The first kappa shape index (κ1) is 37.9. The fourth-order valence-electron chi connectivity index (χ4n) is 11.9. The summed E-state index contributed by atoms with van der Waals surface area (Å²) in [7, 11) is 0.